The molecule has 32 heavy (non-hydrogen) atoms. The first-order valence-corrected chi connectivity index (χ1v) is 13.7. The van der Waals surface area contributed by atoms with E-state index in [0.717, 1.165) is 12.3 Å². The summed E-state index contributed by atoms with van der Waals surface area (Å²) in [5.74, 6) is 1.64. The third-order valence-corrected chi connectivity index (χ3v) is 13.1. The summed E-state index contributed by atoms with van der Waals surface area (Å²) in [6, 6.07) is 0. The largest absolute Gasteiger partial charge is 0.392 e. The van der Waals surface area contributed by atoms with Crippen LogP contribution in [0.4, 0.5) is 0 Å². The van der Waals surface area contributed by atoms with E-state index in [9.17, 15) is 10.2 Å². The van der Waals surface area contributed by atoms with Gasteiger partial charge in [0, 0.05) is 17.8 Å². The van der Waals surface area contributed by atoms with Gasteiger partial charge in [-0.05, 0) is 90.3 Å². The Kier molecular flexibility index (Phi) is 4.87. The lowest BCUT2D eigenvalue weighted by Crippen LogP contribution is -2.67. The first-order chi connectivity index (χ1) is 14.6. The van der Waals surface area contributed by atoms with E-state index in [1.807, 2.05) is 0 Å². The van der Waals surface area contributed by atoms with Crippen molar-refractivity contribution in [2.45, 2.75) is 125 Å². The molecular weight excluding hydrogens is 392 g/mol. The van der Waals surface area contributed by atoms with Crippen LogP contribution in [0.2, 0.25) is 0 Å². The Morgan fingerprint density at radius 1 is 0.750 bits per heavy atom. The number of rotatable bonds is 0. The Labute approximate surface area is 197 Å². The zero-order chi connectivity index (χ0) is 23.5. The average molecular weight is 443 g/mol. The van der Waals surface area contributed by atoms with Crippen LogP contribution in [0.3, 0.4) is 0 Å². The molecule has 0 spiro atoms. The molecule has 5 aliphatic carbocycles. The van der Waals surface area contributed by atoms with E-state index in [-0.39, 0.29) is 16.7 Å². The number of aliphatic hydroxyl groups excluding tert-OH is 2. The van der Waals surface area contributed by atoms with Crippen LogP contribution in [-0.4, -0.2) is 22.4 Å². The van der Waals surface area contributed by atoms with Crippen molar-refractivity contribution in [2.75, 3.05) is 0 Å². The van der Waals surface area contributed by atoms with E-state index >= 15 is 0 Å². The maximum atomic E-state index is 11.4. The average Bonchev–Trinajstić information content (AvgIpc) is 2.69. The molecule has 182 valence electrons. The molecule has 0 radical (unpaired) electrons. The van der Waals surface area contributed by atoms with Crippen molar-refractivity contribution in [3.05, 3.63) is 11.6 Å². The molecule has 0 unspecified atom stereocenters. The van der Waals surface area contributed by atoms with E-state index in [1.54, 1.807) is 0 Å². The molecule has 2 N–H and O–H groups in total. The van der Waals surface area contributed by atoms with Crippen molar-refractivity contribution < 1.29 is 10.2 Å². The third-order valence-electron chi connectivity index (χ3n) is 13.1. The van der Waals surface area contributed by atoms with E-state index in [2.05, 4.69) is 61.5 Å². The topological polar surface area (TPSA) is 40.5 Å². The number of hydrogen-bond acceptors (Lipinski definition) is 2. The van der Waals surface area contributed by atoms with Gasteiger partial charge in [-0.3, -0.25) is 0 Å². The van der Waals surface area contributed by atoms with Crippen LogP contribution in [0, 0.1) is 50.2 Å². The van der Waals surface area contributed by atoms with Gasteiger partial charge in [0.2, 0.25) is 0 Å². The van der Waals surface area contributed by atoms with Gasteiger partial charge < -0.3 is 10.2 Å². The highest BCUT2D eigenvalue weighted by Gasteiger charge is 2.69. The highest BCUT2D eigenvalue weighted by Crippen LogP contribution is 2.77. The standard InChI is InChI=1S/C30H50O2/c1-25(2)11-12-27(5)13-15-29(7)21-10-9-19-24(20(31)17-23(32)26(19,3)4)28(21,6)14-16-30(29,8)22(27)18-25/h9,20-24,31-32H,10-18H2,1-8H3/t20-,21-,22+,23-,24-,27+,28+,29+,30-/m0/s1. The molecule has 4 fully saturated rings. The Morgan fingerprint density at radius 2 is 1.34 bits per heavy atom. The summed E-state index contributed by atoms with van der Waals surface area (Å²) in [6.45, 7) is 19.9. The second-order valence-electron chi connectivity index (χ2n) is 15.4. The van der Waals surface area contributed by atoms with E-state index in [4.69, 9.17) is 0 Å². The Bertz CT molecular complexity index is 825. The quantitative estimate of drug-likeness (QED) is 0.391. The van der Waals surface area contributed by atoms with Gasteiger partial charge in [-0.1, -0.05) is 67.0 Å². The molecule has 0 aromatic rings. The van der Waals surface area contributed by atoms with Crippen molar-refractivity contribution in [1.82, 2.24) is 0 Å². The summed E-state index contributed by atoms with van der Waals surface area (Å²) in [5.41, 5.74) is 2.93. The normalized spacial score (nSPS) is 56.2. The predicted octanol–water partition coefficient (Wildman–Crippen LogP) is 7.14. The lowest BCUT2D eigenvalue weighted by Gasteiger charge is -2.73. The first-order valence-electron chi connectivity index (χ1n) is 13.7. The van der Waals surface area contributed by atoms with Crippen molar-refractivity contribution in [3.8, 4) is 0 Å². The van der Waals surface area contributed by atoms with Gasteiger partial charge in [-0.15, -0.1) is 0 Å². The van der Waals surface area contributed by atoms with Gasteiger partial charge in [0.05, 0.1) is 12.2 Å². The van der Waals surface area contributed by atoms with E-state index in [0.29, 0.717) is 34.0 Å². The fourth-order valence-electron chi connectivity index (χ4n) is 10.5. The van der Waals surface area contributed by atoms with Crippen molar-refractivity contribution >= 4 is 0 Å². The summed E-state index contributed by atoms with van der Waals surface area (Å²) in [4.78, 5) is 0. The van der Waals surface area contributed by atoms with Crippen LogP contribution < -0.4 is 0 Å². The van der Waals surface area contributed by atoms with Crippen LogP contribution >= 0.6 is 0 Å². The third kappa shape index (κ3) is 2.78. The van der Waals surface area contributed by atoms with E-state index in [1.165, 1.54) is 50.5 Å². The predicted molar refractivity (Wildman–Crippen MR) is 132 cm³/mol. The summed E-state index contributed by atoms with van der Waals surface area (Å²) in [5, 5.41) is 22.2. The fourth-order valence-corrected chi connectivity index (χ4v) is 10.5. The minimum absolute atomic E-state index is 0.132. The molecule has 4 saturated carbocycles. The molecule has 2 heteroatoms. The summed E-state index contributed by atoms with van der Waals surface area (Å²) in [7, 11) is 0. The fraction of sp³-hybridized carbons (Fsp3) is 0.933. The molecule has 2 nitrogen and oxygen atoms in total. The van der Waals surface area contributed by atoms with Crippen LogP contribution in [-0.2, 0) is 0 Å². The van der Waals surface area contributed by atoms with Crippen LogP contribution in [0.5, 0.6) is 0 Å². The molecule has 0 heterocycles. The summed E-state index contributed by atoms with van der Waals surface area (Å²) in [6.07, 6.45) is 12.7. The maximum Gasteiger partial charge on any atom is 0.0653 e. The SMILES string of the molecule is CC1(C)CC[C@]2(C)CC[C@]3(C)[C@H]4CC=C5[C@@H]([C@@H](O)C[C@H](O)C5(C)C)[C@]4(C)CC[C@@]3(C)[C@@H]2C1. The van der Waals surface area contributed by atoms with Gasteiger partial charge in [-0.25, -0.2) is 0 Å². The molecule has 5 rings (SSSR count). The van der Waals surface area contributed by atoms with Crippen LogP contribution in [0.25, 0.3) is 0 Å². The highest BCUT2D eigenvalue weighted by molar-refractivity contribution is 5.32. The second-order valence-corrected chi connectivity index (χ2v) is 15.4. The maximum absolute atomic E-state index is 11.4. The minimum Gasteiger partial charge on any atom is -0.392 e. The molecule has 0 aromatic heterocycles. The Balaban J connectivity index is 1.59. The lowest BCUT2D eigenvalue weighted by atomic mass is 9.31. The van der Waals surface area contributed by atoms with Gasteiger partial charge in [0.15, 0.2) is 0 Å². The monoisotopic (exact) mass is 442 g/mol. The van der Waals surface area contributed by atoms with Crippen LogP contribution in [0.15, 0.2) is 11.6 Å². The summed E-state index contributed by atoms with van der Waals surface area (Å²) >= 11 is 0. The molecule has 5 aliphatic rings. The van der Waals surface area contributed by atoms with Crippen molar-refractivity contribution in [1.29, 1.82) is 0 Å². The highest BCUT2D eigenvalue weighted by atomic mass is 16.3. The lowest BCUT2D eigenvalue weighted by molar-refractivity contribution is -0.237. The molecule has 0 aliphatic heterocycles. The summed E-state index contributed by atoms with van der Waals surface area (Å²) < 4.78 is 0. The van der Waals surface area contributed by atoms with E-state index < -0.39 is 12.2 Å². The molecular formula is C30H50O2. The number of aliphatic hydroxyl groups is 2. The van der Waals surface area contributed by atoms with Gasteiger partial charge in [0.25, 0.3) is 0 Å². The number of allylic oxidation sites excluding steroid dienone is 1. The Morgan fingerprint density at radius 3 is 2.03 bits per heavy atom. The van der Waals surface area contributed by atoms with Crippen molar-refractivity contribution in [2.24, 2.45) is 50.2 Å². The zero-order valence-electron chi connectivity index (χ0n) is 22.2. The minimum atomic E-state index is -0.440. The smallest absolute Gasteiger partial charge is 0.0653 e. The Hall–Kier alpha value is -0.340. The molecule has 0 aromatic carbocycles. The van der Waals surface area contributed by atoms with Gasteiger partial charge >= 0.3 is 0 Å². The van der Waals surface area contributed by atoms with Gasteiger partial charge in [0.1, 0.15) is 0 Å². The molecule has 0 bridgehead atoms. The first kappa shape index (κ1) is 23.4. The molecule has 0 amide bonds. The zero-order valence-corrected chi connectivity index (χ0v) is 22.2. The molecule has 9 atom stereocenters. The molecule has 0 saturated heterocycles. The number of fused-ring (bicyclic) bond motifs is 7. The van der Waals surface area contributed by atoms with Crippen LogP contribution in [0.1, 0.15) is 113 Å². The van der Waals surface area contributed by atoms with Gasteiger partial charge in [-0.2, -0.15) is 0 Å². The second kappa shape index (κ2) is 6.66. The van der Waals surface area contributed by atoms with Crippen molar-refractivity contribution in [3.63, 3.8) is 0 Å². The number of hydrogen-bond donors (Lipinski definition) is 2.